The monoisotopic (exact) mass is 1130 g/mol. The predicted octanol–water partition coefficient (Wildman–Crippen LogP) is 8.35. The Kier molecular flexibility index (Phi) is 16.9. The fourth-order valence-corrected chi connectivity index (χ4v) is 11.3. The maximum atomic E-state index is 13.4. The third-order valence-electron chi connectivity index (χ3n) is 10.4. The third kappa shape index (κ3) is 13.2. The average Bonchev–Trinajstić information content (AvgIpc) is 3.32. The first-order valence-corrected chi connectivity index (χ1v) is 28.7. The van der Waals surface area contributed by atoms with E-state index in [1.165, 1.54) is 31.2 Å². The molecule has 74 heavy (non-hydrogen) atoms. The van der Waals surface area contributed by atoms with Crippen molar-refractivity contribution in [2.45, 2.75) is 45.2 Å². The molecule has 6 aromatic rings. The zero-order valence-electron chi connectivity index (χ0n) is 38.5. The van der Waals surface area contributed by atoms with Gasteiger partial charge in [-0.3, -0.25) is 23.2 Å². The summed E-state index contributed by atoms with van der Waals surface area (Å²) in [6.07, 6.45) is 0. The molecule has 32 heteroatoms. The van der Waals surface area contributed by atoms with E-state index < -0.39 is 121 Å². The lowest BCUT2D eigenvalue weighted by Gasteiger charge is -2.22. The van der Waals surface area contributed by atoms with E-state index in [0.717, 1.165) is 55.2 Å². The van der Waals surface area contributed by atoms with Crippen LogP contribution < -0.4 is 20.7 Å². The molecular weight excluding hydrogens is 1090 g/mol. The van der Waals surface area contributed by atoms with Gasteiger partial charge in [-0.15, -0.1) is 20.5 Å². The molecule has 0 unspecified atom stereocenters. The number of anilines is 4. The first-order valence-electron chi connectivity index (χ1n) is 20.9. The van der Waals surface area contributed by atoms with Gasteiger partial charge < -0.3 is 25.2 Å². The Balaban J connectivity index is 1.29. The van der Waals surface area contributed by atoms with E-state index >= 15 is 0 Å². The molecule has 0 bridgehead atoms. The number of sulfone groups is 1. The van der Waals surface area contributed by atoms with Crippen LogP contribution in [0.2, 0.25) is 0 Å². The predicted molar refractivity (Wildman–Crippen MR) is 273 cm³/mol. The third-order valence-corrected chi connectivity index (χ3v) is 16.2. The summed E-state index contributed by atoms with van der Waals surface area (Å²) in [5.74, 6) is -2.22. The molecule has 1 amide bonds. The number of nitrogens with one attached hydrogen (secondary N) is 2. The summed E-state index contributed by atoms with van der Waals surface area (Å²) in [5.41, 5.74) is 4.74. The number of carbonyl (C=O) groups is 1. The molecule has 0 spiro atoms. The number of nitrogens with zero attached hydrogens (tertiary/aromatic N) is 7. The number of aromatic hydroxyl groups is 1. The van der Waals surface area contributed by atoms with Gasteiger partial charge in [-0.05, 0) is 129 Å². The van der Waals surface area contributed by atoms with Gasteiger partial charge in [-0.2, -0.15) is 35.5 Å². The molecule has 0 aliphatic rings. The zero-order chi connectivity index (χ0) is 54.6. The molecule has 0 atom stereocenters. The van der Waals surface area contributed by atoms with Crippen LogP contribution in [0.1, 0.15) is 20.8 Å². The molecule has 0 fully saturated rings. The van der Waals surface area contributed by atoms with Crippen molar-refractivity contribution in [3.05, 3.63) is 97.1 Å². The number of sulfonamides is 1. The van der Waals surface area contributed by atoms with Gasteiger partial charge in [0.2, 0.25) is 5.91 Å². The molecule has 6 rings (SSSR count). The lowest BCUT2D eigenvalue weighted by Crippen LogP contribution is -2.21. The van der Waals surface area contributed by atoms with Crippen molar-refractivity contribution in [1.82, 2.24) is 0 Å². The Bertz CT molecular complexity index is 3860. The van der Waals surface area contributed by atoms with E-state index in [1.807, 2.05) is 19.9 Å². The number of phenolic OH excluding ortho intramolecular Hbond substituents is 1. The first kappa shape index (κ1) is 56.3. The summed E-state index contributed by atoms with van der Waals surface area (Å²) >= 11 is 3.46. The van der Waals surface area contributed by atoms with Crippen LogP contribution in [0.3, 0.4) is 0 Å². The van der Waals surface area contributed by atoms with Crippen molar-refractivity contribution >= 4 is 137 Å². The molecule has 0 saturated heterocycles. The number of azo groups is 3. The van der Waals surface area contributed by atoms with Crippen LogP contribution in [0.25, 0.3) is 10.8 Å². The maximum absolute atomic E-state index is 13.4. The normalized spacial score (nSPS) is 12.8. The number of phenols is 1. The highest BCUT2D eigenvalue weighted by molar-refractivity contribution is 7.92. The van der Waals surface area contributed by atoms with Gasteiger partial charge in [0.25, 0.3) is 40.4 Å². The number of hydrogen-bond donors (Lipinski definition) is 8. The van der Waals surface area contributed by atoms with E-state index in [4.69, 9.17) is 5.73 Å². The van der Waals surface area contributed by atoms with Gasteiger partial charge in [0.15, 0.2) is 15.6 Å². The summed E-state index contributed by atoms with van der Waals surface area (Å²) in [4.78, 5) is 9.59. The maximum Gasteiger partial charge on any atom is 0.296 e. The van der Waals surface area contributed by atoms with Crippen LogP contribution in [0.4, 0.5) is 56.9 Å². The van der Waals surface area contributed by atoms with Gasteiger partial charge in [-0.1, -0.05) is 0 Å². The fraction of sp³-hybridized carbons (Fsp3) is 0.167. The Hall–Kier alpha value is -7.01. The first-order chi connectivity index (χ1) is 34.6. The van der Waals surface area contributed by atoms with E-state index in [9.17, 15) is 65.6 Å². The SMILES string of the molecule is CCN(CC)c1ccc(/N=N/c2ccc(NS(=O)(=O)c3ccc(/N=N/c4c(S(=O)(=O)O)cc5cc(S(=O)(=O)O)c(/N=N/c6ccc(S(=O)(=O)CCOS)cc6S(=O)(=O)O)c(O)c5c4N)cc3)cc2)c(NC(C)=O)c1. The molecule has 0 aliphatic carbocycles. The molecule has 0 aromatic heterocycles. The number of thiol groups is 1. The molecule has 8 N–H and O–H groups in total. The zero-order valence-corrected chi connectivity index (χ0v) is 43.4. The highest BCUT2D eigenvalue weighted by atomic mass is 32.2. The average molecular weight is 1140 g/mol. The van der Waals surface area contributed by atoms with Crippen LogP contribution in [-0.2, 0) is 59.2 Å². The molecule has 0 heterocycles. The second kappa shape index (κ2) is 22.2. The number of nitrogens with two attached hydrogens (primary N) is 1. The van der Waals surface area contributed by atoms with E-state index in [0.29, 0.717) is 35.3 Å². The van der Waals surface area contributed by atoms with Crippen LogP contribution in [0, 0.1) is 0 Å². The number of nitrogen functional groups attached to an aromatic ring is 1. The number of rotatable bonds is 20. The van der Waals surface area contributed by atoms with Crippen LogP contribution >= 0.6 is 12.9 Å². The Morgan fingerprint density at radius 1 is 0.649 bits per heavy atom. The number of carbonyl (C=O) groups excluding carboxylic acids is 1. The standard InChI is InChI=1S/C42H42N10O16S6/c1-4-52(5-2)29-12-16-32(34(22-29)44-24(3)53)47-45-26-6-8-28(9-7-26)51-71(57,58)30-13-10-27(11-14-30)46-49-40-36(73(62,63)64)20-25-21-37(74(65,66)67)41(42(54)38(25)39(40)43)50-48-33-17-15-31(23-35(33)72(59,60)61)70(55,56)19-18-68-69/h6-17,20-23,51,54,69H,4-5,18-19,43H2,1-3H3,(H,44,53)(H,59,60,61)(H,62,63,64)(H,65,66,67)/b47-45+,49-46+,50-48+. The van der Waals surface area contributed by atoms with Crippen LogP contribution in [-0.4, -0.2) is 92.2 Å². The summed E-state index contributed by atoms with van der Waals surface area (Å²) in [5, 5.41) is 36.3. The molecule has 0 aliphatic heterocycles. The van der Waals surface area contributed by atoms with Gasteiger partial charge in [0.05, 0.1) is 50.3 Å². The molecule has 6 aromatic carbocycles. The fourth-order valence-electron chi connectivity index (χ4n) is 6.86. The molecule has 0 radical (unpaired) electrons. The van der Waals surface area contributed by atoms with Crippen molar-refractivity contribution in [3.8, 4) is 5.75 Å². The van der Waals surface area contributed by atoms with Gasteiger partial charge in [0, 0.05) is 31.4 Å². The highest BCUT2D eigenvalue weighted by Gasteiger charge is 2.29. The van der Waals surface area contributed by atoms with E-state index in [-0.39, 0.29) is 22.2 Å². The van der Waals surface area contributed by atoms with Gasteiger partial charge >= 0.3 is 0 Å². The summed E-state index contributed by atoms with van der Waals surface area (Å²) in [6, 6.07) is 19.0. The quantitative estimate of drug-likeness (QED) is 0.0117. The molecule has 0 saturated carbocycles. The van der Waals surface area contributed by atoms with Crippen molar-refractivity contribution in [2.75, 3.05) is 46.1 Å². The Morgan fingerprint density at radius 2 is 1.16 bits per heavy atom. The van der Waals surface area contributed by atoms with Crippen molar-refractivity contribution in [3.63, 3.8) is 0 Å². The smallest absolute Gasteiger partial charge is 0.296 e. The van der Waals surface area contributed by atoms with Crippen molar-refractivity contribution < 1.29 is 69.8 Å². The number of fused-ring (bicyclic) bond motifs is 1. The minimum Gasteiger partial charge on any atom is -0.505 e. The number of amides is 1. The second-order valence-electron chi connectivity index (χ2n) is 15.3. The topological polar surface area (TPSA) is 405 Å². The second-order valence-corrected chi connectivity index (χ2v) is 23.5. The number of benzene rings is 6. The van der Waals surface area contributed by atoms with E-state index in [1.54, 1.807) is 12.1 Å². The lowest BCUT2D eigenvalue weighted by atomic mass is 10.1. The van der Waals surface area contributed by atoms with Crippen molar-refractivity contribution in [2.24, 2.45) is 30.7 Å². The largest absolute Gasteiger partial charge is 0.505 e. The molecular formula is C42H42N10O16S6. The Labute approximate surface area is 429 Å². The van der Waals surface area contributed by atoms with E-state index in [2.05, 4.69) is 62.7 Å². The summed E-state index contributed by atoms with van der Waals surface area (Å²) < 4.78 is 164. The summed E-state index contributed by atoms with van der Waals surface area (Å²) in [7, 11) is -24.5. The van der Waals surface area contributed by atoms with Gasteiger partial charge in [0.1, 0.15) is 37.4 Å². The number of hydrogen-bond acceptors (Lipinski definition) is 22. The molecule has 392 valence electrons. The molecule has 26 nitrogen and oxygen atoms in total. The van der Waals surface area contributed by atoms with Crippen LogP contribution in [0.15, 0.2) is 152 Å². The summed E-state index contributed by atoms with van der Waals surface area (Å²) in [6.45, 7) is 6.43. The highest BCUT2D eigenvalue weighted by Crippen LogP contribution is 2.48. The van der Waals surface area contributed by atoms with Gasteiger partial charge in [-0.25, -0.2) is 16.8 Å². The Morgan fingerprint density at radius 3 is 1.72 bits per heavy atom. The van der Waals surface area contributed by atoms with Crippen LogP contribution in [0.5, 0.6) is 5.75 Å². The minimum absolute atomic E-state index is 0.118. The lowest BCUT2D eigenvalue weighted by molar-refractivity contribution is -0.114. The minimum atomic E-state index is -5.44. The van der Waals surface area contributed by atoms with Crippen molar-refractivity contribution in [1.29, 1.82) is 0 Å².